The summed E-state index contributed by atoms with van der Waals surface area (Å²) in [5, 5.41) is 5.28. The van der Waals surface area contributed by atoms with Gasteiger partial charge in [0.15, 0.2) is 0 Å². The number of carbonyl (C=O) groups is 1. The predicted octanol–water partition coefficient (Wildman–Crippen LogP) is 2.17. The minimum Gasteiger partial charge on any atom is -0.491 e. The Balaban J connectivity index is 1.56. The SMILES string of the molecule is Cc1ccc(CNC(=O)C2CC(F)(F)CN2)c(OCC2CCCO2)c1. The fourth-order valence-electron chi connectivity index (χ4n) is 3.11. The molecule has 2 atom stereocenters. The van der Waals surface area contributed by atoms with Crippen LogP contribution in [0.5, 0.6) is 5.75 Å². The second-order valence-electron chi connectivity index (χ2n) is 6.77. The molecular weight excluding hydrogens is 330 g/mol. The number of aryl methyl sites for hydroxylation is 1. The summed E-state index contributed by atoms with van der Waals surface area (Å²) in [7, 11) is 0. The van der Waals surface area contributed by atoms with Crippen LogP contribution in [0.3, 0.4) is 0 Å². The zero-order valence-electron chi connectivity index (χ0n) is 14.3. The van der Waals surface area contributed by atoms with Gasteiger partial charge in [-0.1, -0.05) is 12.1 Å². The predicted molar refractivity (Wildman–Crippen MR) is 88.8 cm³/mol. The third kappa shape index (κ3) is 4.89. The Morgan fingerprint density at radius 3 is 3.00 bits per heavy atom. The van der Waals surface area contributed by atoms with Gasteiger partial charge in [0.1, 0.15) is 12.4 Å². The molecule has 0 aliphatic carbocycles. The van der Waals surface area contributed by atoms with Gasteiger partial charge >= 0.3 is 0 Å². The number of alkyl halides is 2. The molecule has 0 radical (unpaired) electrons. The van der Waals surface area contributed by atoms with Gasteiger partial charge in [-0.2, -0.15) is 0 Å². The molecule has 2 saturated heterocycles. The number of carbonyl (C=O) groups excluding carboxylic acids is 1. The molecule has 5 nitrogen and oxygen atoms in total. The van der Waals surface area contributed by atoms with Crippen LogP contribution >= 0.6 is 0 Å². The standard InChI is InChI=1S/C18H24F2N2O3/c1-12-4-5-13(16(7-12)25-10-14-3-2-6-24-14)9-21-17(23)15-8-18(19,20)11-22-15/h4-5,7,14-15,22H,2-3,6,8-11H2,1H3,(H,21,23). The van der Waals surface area contributed by atoms with Crippen LogP contribution in [0.1, 0.15) is 30.4 Å². The Bertz CT molecular complexity index is 618. The van der Waals surface area contributed by atoms with Gasteiger partial charge in [0.2, 0.25) is 5.91 Å². The lowest BCUT2D eigenvalue weighted by Gasteiger charge is -2.17. The second-order valence-corrected chi connectivity index (χ2v) is 6.77. The quantitative estimate of drug-likeness (QED) is 0.822. The molecular formula is C18H24F2N2O3. The molecule has 0 bridgehead atoms. The number of ether oxygens (including phenoxy) is 2. The highest BCUT2D eigenvalue weighted by atomic mass is 19.3. The van der Waals surface area contributed by atoms with E-state index < -0.39 is 30.8 Å². The number of rotatable bonds is 6. The summed E-state index contributed by atoms with van der Waals surface area (Å²) >= 11 is 0. The topological polar surface area (TPSA) is 59.6 Å². The highest BCUT2D eigenvalue weighted by Gasteiger charge is 2.42. The molecule has 1 aromatic carbocycles. The van der Waals surface area contributed by atoms with Gasteiger partial charge in [0, 0.05) is 25.1 Å². The highest BCUT2D eigenvalue weighted by Crippen LogP contribution is 2.26. The van der Waals surface area contributed by atoms with Gasteiger partial charge < -0.3 is 14.8 Å². The Labute approximate surface area is 146 Å². The molecule has 0 spiro atoms. The molecule has 1 aromatic rings. The zero-order valence-corrected chi connectivity index (χ0v) is 14.3. The number of hydrogen-bond acceptors (Lipinski definition) is 4. The van der Waals surface area contributed by atoms with Gasteiger partial charge in [-0.25, -0.2) is 8.78 Å². The van der Waals surface area contributed by atoms with Gasteiger partial charge in [0.25, 0.3) is 5.92 Å². The first-order chi connectivity index (χ1) is 11.9. The second kappa shape index (κ2) is 7.66. The third-order valence-electron chi connectivity index (χ3n) is 4.55. The van der Waals surface area contributed by atoms with Gasteiger partial charge in [0.05, 0.1) is 18.7 Å². The molecule has 2 aliphatic heterocycles. The van der Waals surface area contributed by atoms with E-state index in [1.807, 2.05) is 25.1 Å². The van der Waals surface area contributed by atoms with Crippen LogP contribution in [0.2, 0.25) is 0 Å². The van der Waals surface area contributed by atoms with Crippen molar-refractivity contribution >= 4 is 5.91 Å². The van der Waals surface area contributed by atoms with Crippen LogP contribution in [-0.4, -0.2) is 43.7 Å². The minimum atomic E-state index is -2.82. The Hall–Kier alpha value is -1.73. The zero-order chi connectivity index (χ0) is 17.9. The van der Waals surface area contributed by atoms with Crippen molar-refractivity contribution in [2.45, 2.75) is 50.8 Å². The Morgan fingerprint density at radius 1 is 1.48 bits per heavy atom. The Morgan fingerprint density at radius 2 is 2.32 bits per heavy atom. The smallest absolute Gasteiger partial charge is 0.262 e. The molecule has 0 saturated carbocycles. The minimum absolute atomic E-state index is 0.105. The maximum atomic E-state index is 13.2. The van der Waals surface area contributed by atoms with Crippen molar-refractivity contribution in [3.8, 4) is 5.75 Å². The summed E-state index contributed by atoms with van der Waals surface area (Å²) in [5.74, 6) is -2.54. The molecule has 2 unspecified atom stereocenters. The van der Waals surface area contributed by atoms with E-state index in [0.717, 1.165) is 30.6 Å². The summed E-state index contributed by atoms with van der Waals surface area (Å²) in [6.07, 6.45) is 1.67. The molecule has 25 heavy (non-hydrogen) atoms. The van der Waals surface area contributed by atoms with Crippen molar-refractivity contribution in [3.05, 3.63) is 29.3 Å². The maximum Gasteiger partial charge on any atom is 0.262 e. The van der Waals surface area contributed by atoms with Crippen molar-refractivity contribution in [2.24, 2.45) is 0 Å². The van der Waals surface area contributed by atoms with Crippen LogP contribution in [0.25, 0.3) is 0 Å². The molecule has 1 amide bonds. The van der Waals surface area contributed by atoms with E-state index in [1.54, 1.807) is 0 Å². The Kier molecular flexibility index (Phi) is 5.54. The molecule has 2 fully saturated rings. The van der Waals surface area contributed by atoms with E-state index in [9.17, 15) is 13.6 Å². The number of nitrogens with one attached hydrogen (secondary N) is 2. The lowest BCUT2D eigenvalue weighted by molar-refractivity contribution is -0.123. The van der Waals surface area contributed by atoms with E-state index in [4.69, 9.17) is 9.47 Å². The van der Waals surface area contributed by atoms with Crippen LogP contribution < -0.4 is 15.4 Å². The number of hydrogen-bond donors (Lipinski definition) is 2. The average Bonchev–Trinajstić information content (AvgIpc) is 3.21. The first kappa shape index (κ1) is 18.1. The molecule has 138 valence electrons. The van der Waals surface area contributed by atoms with Crippen molar-refractivity contribution in [1.82, 2.24) is 10.6 Å². The molecule has 7 heteroatoms. The van der Waals surface area contributed by atoms with Crippen molar-refractivity contribution in [3.63, 3.8) is 0 Å². The fourth-order valence-corrected chi connectivity index (χ4v) is 3.11. The third-order valence-corrected chi connectivity index (χ3v) is 4.55. The van der Waals surface area contributed by atoms with E-state index in [0.29, 0.717) is 12.4 Å². The highest BCUT2D eigenvalue weighted by molar-refractivity contribution is 5.82. The first-order valence-corrected chi connectivity index (χ1v) is 8.66. The summed E-state index contributed by atoms with van der Waals surface area (Å²) in [6.45, 7) is 2.99. The van der Waals surface area contributed by atoms with Crippen molar-refractivity contribution < 1.29 is 23.0 Å². The van der Waals surface area contributed by atoms with E-state index in [2.05, 4.69) is 10.6 Å². The van der Waals surface area contributed by atoms with Crippen LogP contribution in [0.4, 0.5) is 8.78 Å². The van der Waals surface area contributed by atoms with Gasteiger partial charge in [-0.3, -0.25) is 10.1 Å². The summed E-state index contributed by atoms with van der Waals surface area (Å²) in [6, 6.07) is 4.88. The molecule has 2 heterocycles. The average molecular weight is 354 g/mol. The monoisotopic (exact) mass is 354 g/mol. The maximum absolute atomic E-state index is 13.2. The van der Waals surface area contributed by atoms with Crippen molar-refractivity contribution in [2.75, 3.05) is 19.8 Å². The largest absolute Gasteiger partial charge is 0.491 e. The first-order valence-electron chi connectivity index (χ1n) is 8.66. The summed E-state index contributed by atoms with van der Waals surface area (Å²) in [5.41, 5.74) is 1.87. The summed E-state index contributed by atoms with van der Waals surface area (Å²) < 4.78 is 37.8. The lowest BCUT2D eigenvalue weighted by Crippen LogP contribution is -2.40. The molecule has 0 aromatic heterocycles. The summed E-state index contributed by atoms with van der Waals surface area (Å²) in [4.78, 5) is 12.1. The number of halogens is 2. The molecule has 2 N–H and O–H groups in total. The number of amides is 1. The molecule has 3 rings (SSSR count). The van der Waals surface area contributed by atoms with Gasteiger partial charge in [-0.15, -0.1) is 0 Å². The van der Waals surface area contributed by atoms with Crippen LogP contribution in [0, 0.1) is 6.92 Å². The van der Waals surface area contributed by atoms with Gasteiger partial charge in [-0.05, 0) is 31.4 Å². The van der Waals surface area contributed by atoms with E-state index in [-0.39, 0.29) is 12.6 Å². The van der Waals surface area contributed by atoms with Crippen molar-refractivity contribution in [1.29, 1.82) is 0 Å². The fraction of sp³-hybridized carbons (Fsp3) is 0.611. The normalized spacial score (nSPS) is 25.1. The van der Waals surface area contributed by atoms with E-state index in [1.165, 1.54) is 0 Å². The van der Waals surface area contributed by atoms with Crippen LogP contribution in [0.15, 0.2) is 18.2 Å². The van der Waals surface area contributed by atoms with E-state index >= 15 is 0 Å². The number of benzene rings is 1. The lowest BCUT2D eigenvalue weighted by atomic mass is 10.1. The molecule has 2 aliphatic rings. The van der Waals surface area contributed by atoms with Crippen LogP contribution in [-0.2, 0) is 16.1 Å².